The average Bonchev–Trinajstić information content (AvgIpc) is 2.43. The van der Waals surface area contributed by atoms with Gasteiger partial charge in [0.15, 0.2) is 5.78 Å². The molecule has 2 nitrogen and oxygen atoms in total. The predicted molar refractivity (Wildman–Crippen MR) is 85.1 cm³/mol. The van der Waals surface area contributed by atoms with Gasteiger partial charge in [0.2, 0.25) is 0 Å². The van der Waals surface area contributed by atoms with Gasteiger partial charge in [-0.3, -0.25) is 4.79 Å². The van der Waals surface area contributed by atoms with Gasteiger partial charge in [-0.25, -0.2) is 0 Å². The minimum atomic E-state index is -0.107. The number of ketones is 1. The van der Waals surface area contributed by atoms with Crippen molar-refractivity contribution in [2.75, 3.05) is 7.11 Å². The molecule has 2 aromatic carbocycles. The number of carbonyl (C=O) groups is 1. The van der Waals surface area contributed by atoms with Crippen LogP contribution in [0, 0.1) is 13.8 Å². The van der Waals surface area contributed by atoms with Gasteiger partial charge < -0.3 is 4.74 Å². The Morgan fingerprint density at radius 1 is 1.15 bits per heavy atom. The Balaban J connectivity index is 2.52. The van der Waals surface area contributed by atoms with Gasteiger partial charge in [0.25, 0.3) is 0 Å². The van der Waals surface area contributed by atoms with Crippen LogP contribution in [0.1, 0.15) is 27.0 Å². The zero-order valence-corrected chi connectivity index (χ0v) is 13.8. The lowest BCUT2D eigenvalue weighted by molar-refractivity contribution is 0.103. The van der Waals surface area contributed by atoms with Crippen LogP contribution in [0.2, 0.25) is 5.02 Å². The minimum absolute atomic E-state index is 0.107. The molecule has 4 heteroatoms. The van der Waals surface area contributed by atoms with Crippen molar-refractivity contribution in [2.24, 2.45) is 0 Å². The van der Waals surface area contributed by atoms with Gasteiger partial charge in [0.1, 0.15) is 5.75 Å². The first-order valence-electron chi connectivity index (χ1n) is 6.09. The Morgan fingerprint density at radius 2 is 1.85 bits per heavy atom. The van der Waals surface area contributed by atoms with E-state index in [1.165, 1.54) is 0 Å². The quantitative estimate of drug-likeness (QED) is 0.729. The maximum absolute atomic E-state index is 12.6. The van der Waals surface area contributed by atoms with E-state index in [9.17, 15) is 4.79 Å². The molecule has 0 atom stereocenters. The van der Waals surface area contributed by atoms with Crippen LogP contribution in [0.4, 0.5) is 0 Å². The molecule has 104 valence electrons. The molecule has 0 N–H and O–H groups in total. The highest BCUT2D eigenvalue weighted by molar-refractivity contribution is 9.10. The summed E-state index contributed by atoms with van der Waals surface area (Å²) >= 11 is 9.53. The number of ether oxygens (including phenoxy) is 1. The van der Waals surface area contributed by atoms with E-state index in [2.05, 4.69) is 15.9 Å². The highest BCUT2D eigenvalue weighted by Gasteiger charge is 2.17. The van der Waals surface area contributed by atoms with Crippen molar-refractivity contribution in [1.29, 1.82) is 0 Å². The summed E-state index contributed by atoms with van der Waals surface area (Å²) in [6, 6.07) is 8.92. The Morgan fingerprint density at radius 3 is 2.45 bits per heavy atom. The van der Waals surface area contributed by atoms with Crippen molar-refractivity contribution in [3.05, 3.63) is 62.1 Å². The van der Waals surface area contributed by atoms with E-state index in [1.54, 1.807) is 25.3 Å². The fourth-order valence-corrected chi connectivity index (χ4v) is 2.41. The zero-order valence-electron chi connectivity index (χ0n) is 11.5. The Bertz CT molecular complexity index is 680. The average molecular weight is 354 g/mol. The molecule has 2 rings (SSSR count). The fraction of sp³-hybridized carbons (Fsp3) is 0.188. The van der Waals surface area contributed by atoms with Crippen LogP contribution in [0.5, 0.6) is 5.75 Å². The molecule has 0 heterocycles. The van der Waals surface area contributed by atoms with Crippen molar-refractivity contribution in [3.63, 3.8) is 0 Å². The smallest absolute Gasteiger partial charge is 0.196 e. The molecule has 0 radical (unpaired) electrons. The van der Waals surface area contributed by atoms with E-state index in [1.807, 2.05) is 26.0 Å². The number of methoxy groups -OCH3 is 1. The summed E-state index contributed by atoms with van der Waals surface area (Å²) in [5.74, 6) is 0.455. The van der Waals surface area contributed by atoms with E-state index < -0.39 is 0 Å². The first-order chi connectivity index (χ1) is 9.43. The number of aryl methyl sites for hydroxylation is 2. The second-order valence-electron chi connectivity index (χ2n) is 4.59. The van der Waals surface area contributed by atoms with E-state index in [0.29, 0.717) is 21.9 Å². The van der Waals surface area contributed by atoms with Crippen LogP contribution in [-0.2, 0) is 0 Å². The number of benzene rings is 2. The monoisotopic (exact) mass is 352 g/mol. The van der Waals surface area contributed by atoms with Crippen LogP contribution >= 0.6 is 27.5 Å². The van der Waals surface area contributed by atoms with Crippen molar-refractivity contribution in [3.8, 4) is 5.75 Å². The zero-order chi connectivity index (χ0) is 14.9. The van der Waals surface area contributed by atoms with E-state index in [4.69, 9.17) is 16.3 Å². The summed E-state index contributed by atoms with van der Waals surface area (Å²) < 4.78 is 6.18. The molecule has 0 saturated carbocycles. The third-order valence-corrected chi connectivity index (χ3v) is 4.42. The third-order valence-electron chi connectivity index (χ3n) is 3.16. The lowest BCUT2D eigenvalue weighted by atomic mass is 10.00. The normalized spacial score (nSPS) is 10.4. The standard InChI is InChI=1S/C16H14BrClO2/c1-9-4-5-11(7-14(9)18)16(19)12-8-13(17)10(2)6-15(12)20-3/h4-8H,1-3H3. The van der Waals surface area contributed by atoms with E-state index in [0.717, 1.165) is 15.6 Å². The second-order valence-corrected chi connectivity index (χ2v) is 5.86. The minimum Gasteiger partial charge on any atom is -0.496 e. The van der Waals surface area contributed by atoms with Crippen molar-refractivity contribution in [2.45, 2.75) is 13.8 Å². The maximum atomic E-state index is 12.6. The highest BCUT2D eigenvalue weighted by atomic mass is 79.9. The molecule has 0 aliphatic rings. The number of hydrogen-bond donors (Lipinski definition) is 0. The van der Waals surface area contributed by atoms with Crippen molar-refractivity contribution < 1.29 is 9.53 Å². The van der Waals surface area contributed by atoms with Crippen LogP contribution in [-0.4, -0.2) is 12.9 Å². The molecular weight excluding hydrogens is 340 g/mol. The summed E-state index contributed by atoms with van der Waals surface area (Å²) in [5, 5.41) is 0.584. The summed E-state index contributed by atoms with van der Waals surface area (Å²) in [5.41, 5.74) is 3.03. The van der Waals surface area contributed by atoms with Crippen molar-refractivity contribution >= 4 is 33.3 Å². The lowest BCUT2D eigenvalue weighted by Gasteiger charge is -2.11. The van der Waals surface area contributed by atoms with Gasteiger partial charge in [0.05, 0.1) is 12.7 Å². The molecular formula is C16H14BrClO2. The molecule has 0 fully saturated rings. The van der Waals surface area contributed by atoms with E-state index >= 15 is 0 Å². The lowest BCUT2D eigenvalue weighted by Crippen LogP contribution is -2.05. The molecule has 0 aliphatic heterocycles. The predicted octanol–water partition coefficient (Wildman–Crippen LogP) is 4.96. The molecule has 2 aromatic rings. The van der Waals surface area contributed by atoms with Gasteiger partial charge in [-0.15, -0.1) is 0 Å². The van der Waals surface area contributed by atoms with Gasteiger partial charge in [-0.2, -0.15) is 0 Å². The van der Waals surface area contributed by atoms with Crippen LogP contribution in [0.15, 0.2) is 34.8 Å². The molecule has 20 heavy (non-hydrogen) atoms. The molecule has 0 amide bonds. The largest absolute Gasteiger partial charge is 0.496 e. The first-order valence-corrected chi connectivity index (χ1v) is 7.26. The number of hydrogen-bond acceptors (Lipinski definition) is 2. The maximum Gasteiger partial charge on any atom is 0.196 e. The number of halogens is 2. The number of rotatable bonds is 3. The van der Waals surface area contributed by atoms with Gasteiger partial charge in [-0.05, 0) is 43.2 Å². The number of carbonyl (C=O) groups excluding carboxylic acids is 1. The molecule has 0 aliphatic carbocycles. The Hall–Kier alpha value is -1.32. The molecule has 0 bridgehead atoms. The molecule has 0 aromatic heterocycles. The Labute approximate surface area is 131 Å². The summed E-state index contributed by atoms with van der Waals surface area (Å²) in [6.45, 7) is 3.85. The van der Waals surface area contributed by atoms with Crippen molar-refractivity contribution in [1.82, 2.24) is 0 Å². The summed E-state index contributed by atoms with van der Waals surface area (Å²) in [4.78, 5) is 12.6. The Kier molecular flexibility index (Phi) is 4.51. The summed E-state index contributed by atoms with van der Waals surface area (Å²) in [7, 11) is 1.56. The third kappa shape index (κ3) is 2.89. The molecule has 0 spiro atoms. The SMILES string of the molecule is COc1cc(C)c(Br)cc1C(=O)c1ccc(C)c(Cl)c1. The second kappa shape index (κ2) is 5.98. The van der Waals surface area contributed by atoms with E-state index in [-0.39, 0.29) is 5.78 Å². The first kappa shape index (κ1) is 15.1. The van der Waals surface area contributed by atoms with Gasteiger partial charge >= 0.3 is 0 Å². The van der Waals surface area contributed by atoms with Gasteiger partial charge in [-0.1, -0.05) is 39.7 Å². The van der Waals surface area contributed by atoms with Crippen LogP contribution < -0.4 is 4.74 Å². The van der Waals surface area contributed by atoms with Gasteiger partial charge in [0, 0.05) is 15.1 Å². The fourth-order valence-electron chi connectivity index (χ4n) is 1.89. The molecule has 0 saturated heterocycles. The van der Waals surface area contributed by atoms with Crippen LogP contribution in [0.3, 0.4) is 0 Å². The topological polar surface area (TPSA) is 26.3 Å². The molecule has 0 unspecified atom stereocenters. The summed E-state index contributed by atoms with van der Waals surface area (Å²) in [6.07, 6.45) is 0. The highest BCUT2D eigenvalue weighted by Crippen LogP contribution is 2.29. The van der Waals surface area contributed by atoms with Crippen LogP contribution in [0.25, 0.3) is 0 Å².